The van der Waals surface area contributed by atoms with Gasteiger partial charge in [-0.25, -0.2) is 0 Å². The molecule has 0 atom stereocenters. The van der Waals surface area contributed by atoms with E-state index in [1.807, 2.05) is 18.0 Å². The van der Waals surface area contributed by atoms with Gasteiger partial charge in [-0.1, -0.05) is 23.9 Å². The van der Waals surface area contributed by atoms with Gasteiger partial charge in [0.15, 0.2) is 0 Å². The minimum absolute atomic E-state index is 0.119. The van der Waals surface area contributed by atoms with E-state index < -0.39 is 17.6 Å². The predicted molar refractivity (Wildman–Crippen MR) is 127 cm³/mol. The average molecular weight is 508 g/mol. The van der Waals surface area contributed by atoms with Crippen molar-refractivity contribution >= 4 is 29.0 Å². The first-order valence-corrected chi connectivity index (χ1v) is 11.8. The molecule has 2 aromatic carbocycles. The molecule has 0 radical (unpaired) electrons. The van der Waals surface area contributed by atoms with Gasteiger partial charge in [0.25, 0.3) is 11.1 Å². The number of methoxy groups -OCH3 is 1. The summed E-state index contributed by atoms with van der Waals surface area (Å²) in [5.41, 5.74) is 0.465. The van der Waals surface area contributed by atoms with Crippen LogP contribution >= 0.6 is 11.8 Å². The molecule has 0 aliphatic carbocycles. The van der Waals surface area contributed by atoms with Crippen molar-refractivity contribution in [2.45, 2.75) is 11.4 Å². The van der Waals surface area contributed by atoms with Gasteiger partial charge in [0.2, 0.25) is 5.91 Å². The Labute approximate surface area is 204 Å². The Bertz CT molecular complexity index is 1180. The van der Waals surface area contributed by atoms with Crippen molar-refractivity contribution in [2.75, 3.05) is 56.3 Å². The molecule has 8 nitrogen and oxygen atoms in total. The van der Waals surface area contributed by atoms with E-state index in [2.05, 4.69) is 20.4 Å². The molecule has 0 unspecified atom stereocenters. The molecule has 1 amide bonds. The quantitative estimate of drug-likeness (QED) is 0.476. The number of rotatable bonds is 7. The molecule has 35 heavy (non-hydrogen) atoms. The first kappa shape index (κ1) is 24.9. The number of para-hydroxylation sites is 1. The Morgan fingerprint density at radius 2 is 1.89 bits per heavy atom. The first-order chi connectivity index (χ1) is 16.7. The number of hydrogen-bond donors (Lipinski definition) is 1. The van der Waals surface area contributed by atoms with Crippen molar-refractivity contribution in [1.82, 2.24) is 15.1 Å². The number of nitrogens with zero attached hydrogens (tertiary/aromatic N) is 4. The number of alkyl halides is 3. The molecule has 4 rings (SSSR count). The normalized spacial score (nSPS) is 14.7. The number of anilines is 2. The van der Waals surface area contributed by atoms with E-state index in [1.54, 1.807) is 18.2 Å². The van der Waals surface area contributed by atoms with Gasteiger partial charge in [-0.2, -0.15) is 13.2 Å². The number of aromatic nitrogens is 2. The van der Waals surface area contributed by atoms with Crippen LogP contribution < -0.4 is 15.0 Å². The van der Waals surface area contributed by atoms with E-state index in [0.29, 0.717) is 30.1 Å². The highest BCUT2D eigenvalue weighted by Crippen LogP contribution is 2.36. The lowest BCUT2D eigenvalue weighted by atomic mass is 10.1. The summed E-state index contributed by atoms with van der Waals surface area (Å²) >= 11 is 0.993. The van der Waals surface area contributed by atoms with E-state index in [-0.39, 0.29) is 22.6 Å². The maximum Gasteiger partial charge on any atom is 0.416 e. The Morgan fingerprint density at radius 3 is 2.60 bits per heavy atom. The summed E-state index contributed by atoms with van der Waals surface area (Å²) in [6.07, 6.45) is -4.52. The maximum absolute atomic E-state index is 13.3. The second-order valence-electron chi connectivity index (χ2n) is 7.93. The van der Waals surface area contributed by atoms with Crippen molar-refractivity contribution in [3.05, 3.63) is 48.0 Å². The lowest BCUT2D eigenvalue weighted by Crippen LogP contribution is -2.44. The van der Waals surface area contributed by atoms with Crippen molar-refractivity contribution in [3.8, 4) is 17.2 Å². The third-order valence-corrected chi connectivity index (χ3v) is 6.33. The summed E-state index contributed by atoms with van der Waals surface area (Å²) in [4.78, 5) is 16.8. The molecule has 1 fully saturated rings. The summed E-state index contributed by atoms with van der Waals surface area (Å²) in [6.45, 7) is 2.84. The molecule has 1 aliphatic heterocycles. The number of nitrogens with one attached hydrogen (secondary N) is 1. The zero-order valence-corrected chi connectivity index (χ0v) is 19.9. The number of carbonyl (C=O) groups excluding carboxylic acids is 1. The zero-order chi connectivity index (χ0) is 25.0. The number of piperazine rings is 1. The smallest absolute Gasteiger partial charge is 0.416 e. The van der Waals surface area contributed by atoms with Crippen LogP contribution in [0, 0.1) is 0 Å². The van der Waals surface area contributed by atoms with E-state index >= 15 is 0 Å². The second kappa shape index (κ2) is 10.6. The Kier molecular flexibility index (Phi) is 7.51. The molecule has 186 valence electrons. The van der Waals surface area contributed by atoms with Crippen LogP contribution in [0.2, 0.25) is 0 Å². The van der Waals surface area contributed by atoms with Crippen LogP contribution in [-0.2, 0) is 11.0 Å². The standard InChI is InChI=1S/C23H24F3N5O3S/c1-30-9-11-31(12-10-30)18-8-7-15(23(24,25)26)13-17(18)27-20(32)14-35-22-29-28-21(34-22)16-5-3-4-6-19(16)33-2/h3-8,13H,9-12,14H2,1-2H3,(H,27,32). The molecule has 3 aromatic rings. The third kappa shape index (κ3) is 6.06. The third-order valence-electron chi connectivity index (χ3n) is 5.51. The lowest BCUT2D eigenvalue weighted by Gasteiger charge is -2.35. The van der Waals surface area contributed by atoms with E-state index in [4.69, 9.17) is 9.15 Å². The lowest BCUT2D eigenvalue weighted by molar-refractivity contribution is -0.137. The van der Waals surface area contributed by atoms with Gasteiger partial charge in [-0.3, -0.25) is 4.79 Å². The molecule has 1 N–H and O–H groups in total. The summed E-state index contributed by atoms with van der Waals surface area (Å²) in [7, 11) is 3.51. The molecule has 12 heteroatoms. The van der Waals surface area contributed by atoms with Crippen LogP contribution in [0.5, 0.6) is 5.75 Å². The highest BCUT2D eigenvalue weighted by molar-refractivity contribution is 7.99. The molecule has 1 aromatic heterocycles. The summed E-state index contributed by atoms with van der Waals surface area (Å²) < 4.78 is 50.9. The topological polar surface area (TPSA) is 83.7 Å². The Hall–Kier alpha value is -3.25. The average Bonchev–Trinajstić information content (AvgIpc) is 3.32. The molecular weight excluding hydrogens is 483 g/mol. The number of benzene rings is 2. The number of ether oxygens (including phenoxy) is 1. The molecule has 0 saturated carbocycles. The van der Waals surface area contributed by atoms with Crippen LogP contribution in [0.25, 0.3) is 11.5 Å². The Balaban J connectivity index is 1.46. The van der Waals surface area contributed by atoms with Crippen molar-refractivity contribution < 1.29 is 27.1 Å². The molecular formula is C23H24F3N5O3S. The second-order valence-corrected chi connectivity index (χ2v) is 8.86. The van der Waals surface area contributed by atoms with Crippen LogP contribution in [-0.4, -0.2) is 67.1 Å². The molecule has 1 saturated heterocycles. The molecule has 2 heterocycles. The summed E-state index contributed by atoms with van der Waals surface area (Å²) in [5.74, 6) is 0.195. The van der Waals surface area contributed by atoms with Crippen molar-refractivity contribution in [1.29, 1.82) is 0 Å². The van der Waals surface area contributed by atoms with Crippen molar-refractivity contribution in [2.24, 2.45) is 0 Å². The fourth-order valence-electron chi connectivity index (χ4n) is 3.65. The zero-order valence-electron chi connectivity index (χ0n) is 19.1. The van der Waals surface area contributed by atoms with Gasteiger partial charge < -0.3 is 24.3 Å². The van der Waals surface area contributed by atoms with Gasteiger partial charge in [0.05, 0.1) is 35.4 Å². The fourth-order valence-corrected chi connectivity index (χ4v) is 4.21. The fraction of sp³-hybridized carbons (Fsp3) is 0.348. The number of halogens is 3. The van der Waals surface area contributed by atoms with Crippen LogP contribution in [0.1, 0.15) is 5.56 Å². The number of thioether (sulfide) groups is 1. The minimum Gasteiger partial charge on any atom is -0.496 e. The number of amides is 1. The van der Waals surface area contributed by atoms with E-state index in [0.717, 1.165) is 37.0 Å². The predicted octanol–water partition coefficient (Wildman–Crippen LogP) is 4.25. The van der Waals surface area contributed by atoms with Gasteiger partial charge in [0, 0.05) is 26.2 Å². The monoisotopic (exact) mass is 507 g/mol. The van der Waals surface area contributed by atoms with Crippen LogP contribution in [0.4, 0.5) is 24.5 Å². The first-order valence-electron chi connectivity index (χ1n) is 10.8. The largest absolute Gasteiger partial charge is 0.496 e. The summed E-state index contributed by atoms with van der Waals surface area (Å²) in [5, 5.41) is 10.7. The highest BCUT2D eigenvalue weighted by Gasteiger charge is 2.32. The van der Waals surface area contributed by atoms with E-state index in [1.165, 1.54) is 13.2 Å². The maximum atomic E-state index is 13.3. The minimum atomic E-state index is -4.52. The highest BCUT2D eigenvalue weighted by atomic mass is 32.2. The molecule has 1 aliphatic rings. The van der Waals surface area contributed by atoms with Gasteiger partial charge >= 0.3 is 6.18 Å². The number of carbonyl (C=O) groups is 1. The number of likely N-dealkylation sites (N-methyl/N-ethyl adjacent to an activating group) is 1. The number of hydrogen-bond acceptors (Lipinski definition) is 8. The van der Waals surface area contributed by atoms with Crippen molar-refractivity contribution in [3.63, 3.8) is 0 Å². The van der Waals surface area contributed by atoms with Gasteiger partial charge in [-0.05, 0) is 37.4 Å². The van der Waals surface area contributed by atoms with E-state index in [9.17, 15) is 18.0 Å². The molecule has 0 bridgehead atoms. The van der Waals surface area contributed by atoms with Gasteiger partial charge in [0.1, 0.15) is 5.75 Å². The van der Waals surface area contributed by atoms with Crippen LogP contribution in [0.3, 0.4) is 0 Å². The van der Waals surface area contributed by atoms with Gasteiger partial charge in [-0.15, -0.1) is 10.2 Å². The Morgan fingerprint density at radius 1 is 1.14 bits per heavy atom. The molecule has 0 spiro atoms. The van der Waals surface area contributed by atoms with Crippen LogP contribution in [0.15, 0.2) is 52.1 Å². The summed E-state index contributed by atoms with van der Waals surface area (Å²) in [6, 6.07) is 10.6. The SMILES string of the molecule is COc1ccccc1-c1nnc(SCC(=O)Nc2cc(C(F)(F)F)ccc2N2CCN(C)CC2)o1.